The summed E-state index contributed by atoms with van der Waals surface area (Å²) in [6.45, 7) is 3.75. The van der Waals surface area contributed by atoms with Crippen LogP contribution in [0.4, 0.5) is 0 Å². The zero-order chi connectivity index (χ0) is 11.5. The number of hydrogen-bond donors (Lipinski definition) is 1. The predicted molar refractivity (Wildman–Crippen MR) is 57.8 cm³/mol. The molecule has 0 amide bonds. The van der Waals surface area contributed by atoms with Crippen LogP contribution < -0.4 is 15.4 Å². The van der Waals surface area contributed by atoms with Gasteiger partial charge in [-0.1, -0.05) is 0 Å². The summed E-state index contributed by atoms with van der Waals surface area (Å²) in [6, 6.07) is 5.54. The van der Waals surface area contributed by atoms with Gasteiger partial charge in [-0.15, -0.1) is 0 Å². The first-order valence-corrected chi connectivity index (χ1v) is 4.65. The molecule has 1 aromatic rings. The maximum absolute atomic E-state index is 5.24. The first-order valence-electron chi connectivity index (χ1n) is 4.65. The molecule has 0 aliphatic heterocycles. The first kappa shape index (κ1) is 11.8. The van der Waals surface area contributed by atoms with E-state index in [1.807, 2.05) is 26.0 Å². The monoisotopic (exact) mass is 211 g/mol. The van der Waals surface area contributed by atoms with E-state index in [1.165, 1.54) is 0 Å². The Hall–Kier alpha value is -1.26. The SMILES string of the molecule is COc1cc(OC)cc(C(C)(C)ON)c1. The second-order valence-electron chi connectivity index (χ2n) is 3.73. The Morgan fingerprint density at radius 1 is 1.00 bits per heavy atom. The molecule has 15 heavy (non-hydrogen) atoms. The molecule has 1 aromatic carbocycles. The zero-order valence-electron chi connectivity index (χ0n) is 9.53. The van der Waals surface area contributed by atoms with Gasteiger partial charge in [0.1, 0.15) is 17.1 Å². The van der Waals surface area contributed by atoms with Gasteiger partial charge in [-0.3, -0.25) is 4.84 Å². The van der Waals surface area contributed by atoms with Crippen molar-refractivity contribution < 1.29 is 14.3 Å². The average Bonchev–Trinajstić information content (AvgIpc) is 2.28. The molecule has 0 atom stereocenters. The van der Waals surface area contributed by atoms with Crippen molar-refractivity contribution >= 4 is 0 Å². The van der Waals surface area contributed by atoms with Crippen LogP contribution in [0, 0.1) is 0 Å². The van der Waals surface area contributed by atoms with Crippen LogP contribution in [0.2, 0.25) is 0 Å². The van der Waals surface area contributed by atoms with Crippen LogP contribution in [0.25, 0.3) is 0 Å². The highest BCUT2D eigenvalue weighted by molar-refractivity contribution is 5.40. The third-order valence-electron chi connectivity index (χ3n) is 2.34. The lowest BCUT2D eigenvalue weighted by Gasteiger charge is -2.23. The van der Waals surface area contributed by atoms with Crippen molar-refractivity contribution in [2.75, 3.05) is 14.2 Å². The third-order valence-corrected chi connectivity index (χ3v) is 2.34. The maximum atomic E-state index is 5.24. The summed E-state index contributed by atoms with van der Waals surface area (Å²) in [6.07, 6.45) is 0. The lowest BCUT2D eigenvalue weighted by molar-refractivity contribution is -0.0238. The lowest BCUT2D eigenvalue weighted by atomic mass is 9.98. The quantitative estimate of drug-likeness (QED) is 0.772. The van der Waals surface area contributed by atoms with Gasteiger partial charge in [0.05, 0.1) is 14.2 Å². The van der Waals surface area contributed by atoms with E-state index in [9.17, 15) is 0 Å². The normalized spacial score (nSPS) is 11.3. The number of rotatable bonds is 4. The van der Waals surface area contributed by atoms with Gasteiger partial charge in [-0.05, 0) is 31.5 Å². The summed E-state index contributed by atoms with van der Waals surface area (Å²) in [5.41, 5.74) is 0.336. The molecule has 0 saturated heterocycles. The zero-order valence-corrected chi connectivity index (χ0v) is 9.53. The second kappa shape index (κ2) is 4.51. The van der Waals surface area contributed by atoms with Crippen LogP contribution in [0.3, 0.4) is 0 Å². The molecule has 0 aliphatic rings. The van der Waals surface area contributed by atoms with Crippen LogP contribution in [0.5, 0.6) is 11.5 Å². The van der Waals surface area contributed by atoms with Crippen molar-refractivity contribution in [3.05, 3.63) is 23.8 Å². The summed E-state index contributed by atoms with van der Waals surface area (Å²) in [5.74, 6) is 6.67. The smallest absolute Gasteiger partial charge is 0.122 e. The van der Waals surface area contributed by atoms with Crippen LogP contribution in [0.15, 0.2) is 18.2 Å². The molecule has 84 valence electrons. The molecule has 0 fully saturated rings. The fraction of sp³-hybridized carbons (Fsp3) is 0.455. The lowest BCUT2D eigenvalue weighted by Crippen LogP contribution is -2.25. The standard InChI is InChI=1S/C11H17NO3/c1-11(2,15-12)8-5-9(13-3)7-10(6-8)14-4/h5-7H,12H2,1-4H3. The number of ether oxygens (including phenoxy) is 2. The van der Waals surface area contributed by atoms with Crippen molar-refractivity contribution in [3.8, 4) is 11.5 Å². The van der Waals surface area contributed by atoms with E-state index in [1.54, 1.807) is 20.3 Å². The van der Waals surface area contributed by atoms with Gasteiger partial charge in [0.15, 0.2) is 0 Å². The third kappa shape index (κ3) is 2.61. The fourth-order valence-electron chi connectivity index (χ4n) is 1.22. The van der Waals surface area contributed by atoms with Gasteiger partial charge in [-0.2, -0.15) is 0 Å². The summed E-state index contributed by atoms with van der Waals surface area (Å²) >= 11 is 0. The molecule has 4 heteroatoms. The molecule has 0 spiro atoms. The molecule has 0 saturated carbocycles. The predicted octanol–water partition coefficient (Wildman–Crippen LogP) is 1.83. The molecule has 0 radical (unpaired) electrons. The van der Waals surface area contributed by atoms with Gasteiger partial charge in [0.25, 0.3) is 0 Å². The van der Waals surface area contributed by atoms with Gasteiger partial charge in [-0.25, -0.2) is 5.90 Å². The summed E-state index contributed by atoms with van der Waals surface area (Å²) in [5, 5.41) is 0. The molecule has 0 aliphatic carbocycles. The van der Waals surface area contributed by atoms with Crippen LogP contribution in [0.1, 0.15) is 19.4 Å². The molecule has 2 N–H and O–H groups in total. The molecule has 0 unspecified atom stereocenters. The number of hydrogen-bond acceptors (Lipinski definition) is 4. The van der Waals surface area contributed by atoms with Crippen LogP contribution >= 0.6 is 0 Å². The average molecular weight is 211 g/mol. The van der Waals surface area contributed by atoms with E-state index in [0.29, 0.717) is 0 Å². The Kier molecular flexibility index (Phi) is 3.55. The molecule has 0 bridgehead atoms. The van der Waals surface area contributed by atoms with E-state index >= 15 is 0 Å². The van der Waals surface area contributed by atoms with E-state index in [0.717, 1.165) is 17.1 Å². The topological polar surface area (TPSA) is 53.7 Å². The van der Waals surface area contributed by atoms with Gasteiger partial charge < -0.3 is 9.47 Å². The van der Waals surface area contributed by atoms with Crippen LogP contribution in [-0.2, 0) is 10.4 Å². The van der Waals surface area contributed by atoms with Crippen molar-refractivity contribution in [2.24, 2.45) is 5.90 Å². The maximum Gasteiger partial charge on any atom is 0.122 e. The Balaban J connectivity index is 3.18. The van der Waals surface area contributed by atoms with E-state index in [-0.39, 0.29) is 0 Å². The molecular formula is C11H17NO3. The van der Waals surface area contributed by atoms with E-state index in [4.69, 9.17) is 20.2 Å². The van der Waals surface area contributed by atoms with Crippen LogP contribution in [-0.4, -0.2) is 14.2 Å². The second-order valence-corrected chi connectivity index (χ2v) is 3.73. The van der Waals surface area contributed by atoms with Crippen molar-refractivity contribution in [1.82, 2.24) is 0 Å². The number of methoxy groups -OCH3 is 2. The Labute approximate surface area is 89.9 Å². The summed E-state index contributed by atoms with van der Waals surface area (Å²) < 4.78 is 10.3. The highest BCUT2D eigenvalue weighted by Crippen LogP contribution is 2.30. The minimum atomic E-state index is -0.568. The first-order chi connectivity index (χ1) is 7.03. The highest BCUT2D eigenvalue weighted by atomic mass is 16.6. The highest BCUT2D eigenvalue weighted by Gasteiger charge is 2.22. The molecule has 1 rings (SSSR count). The summed E-state index contributed by atoms with van der Waals surface area (Å²) in [4.78, 5) is 4.91. The van der Waals surface area contributed by atoms with Gasteiger partial charge in [0.2, 0.25) is 0 Å². The molecule has 0 aromatic heterocycles. The molecule has 0 heterocycles. The Morgan fingerprint density at radius 2 is 1.47 bits per heavy atom. The molecule has 4 nitrogen and oxygen atoms in total. The Morgan fingerprint density at radius 3 is 1.80 bits per heavy atom. The van der Waals surface area contributed by atoms with Crippen molar-refractivity contribution in [1.29, 1.82) is 0 Å². The molecular weight excluding hydrogens is 194 g/mol. The van der Waals surface area contributed by atoms with Crippen molar-refractivity contribution in [2.45, 2.75) is 19.4 Å². The number of nitrogens with two attached hydrogens (primary N) is 1. The number of benzene rings is 1. The van der Waals surface area contributed by atoms with Gasteiger partial charge >= 0.3 is 0 Å². The minimum Gasteiger partial charge on any atom is -0.497 e. The summed E-state index contributed by atoms with van der Waals surface area (Å²) in [7, 11) is 3.21. The fourth-order valence-corrected chi connectivity index (χ4v) is 1.22. The largest absolute Gasteiger partial charge is 0.497 e. The Bertz CT molecular complexity index is 314. The van der Waals surface area contributed by atoms with E-state index in [2.05, 4.69) is 0 Å². The minimum absolute atomic E-state index is 0.568. The van der Waals surface area contributed by atoms with Crippen molar-refractivity contribution in [3.63, 3.8) is 0 Å². The van der Waals surface area contributed by atoms with E-state index < -0.39 is 5.60 Å². The van der Waals surface area contributed by atoms with Gasteiger partial charge in [0, 0.05) is 6.07 Å².